The second-order valence-corrected chi connectivity index (χ2v) is 0. The fraction of sp³-hybridized carbons (Fsp3) is 0. The maximum atomic E-state index is 0. The van der Waals surface area contributed by atoms with Gasteiger partial charge in [0.25, 0.3) is 0 Å². The SMILES string of the molecule is [Fe+2].[Mn+2].[O-2].[O-2].[O-2].[O-2].[Ti+4]. The molecule has 0 atom stereocenters. The molecule has 0 aromatic heterocycles. The van der Waals surface area contributed by atoms with Crippen LogP contribution in [0.2, 0.25) is 0 Å². The van der Waals surface area contributed by atoms with Crippen LogP contribution in [0.3, 0.4) is 0 Å². The Balaban J connectivity index is 0. The molecule has 0 fully saturated rings. The zero-order chi connectivity index (χ0) is 0. The van der Waals surface area contributed by atoms with E-state index in [4.69, 9.17) is 0 Å². The van der Waals surface area contributed by atoms with Gasteiger partial charge in [-0.25, -0.2) is 0 Å². The fourth-order valence-corrected chi connectivity index (χ4v) is 0. The Labute approximate surface area is 77.5 Å². The number of hydrogen-bond acceptors (Lipinski definition) is 0. The average Bonchev–Trinajstić information content (AvgIpc) is 0. The Bertz CT molecular complexity index is 11.7. The van der Waals surface area contributed by atoms with Gasteiger partial charge in [0.05, 0.1) is 0 Å². The van der Waals surface area contributed by atoms with Gasteiger partial charge in [-0.2, -0.15) is 0 Å². The number of rotatable bonds is 0. The summed E-state index contributed by atoms with van der Waals surface area (Å²) >= 11 is 0. The maximum Gasteiger partial charge on any atom is 4.00 e. The first-order chi connectivity index (χ1) is 0. The Kier molecular flexibility index (Phi) is 3630. The molecule has 0 unspecified atom stereocenters. The first kappa shape index (κ1) is 195. The second kappa shape index (κ2) is 130. The molecule has 1 radical (unpaired) electrons. The van der Waals surface area contributed by atoms with E-state index >= 15 is 0 Å². The van der Waals surface area contributed by atoms with E-state index in [2.05, 4.69) is 0 Å². The third-order valence-electron chi connectivity index (χ3n) is 0. The van der Waals surface area contributed by atoms with E-state index in [1.165, 1.54) is 0 Å². The van der Waals surface area contributed by atoms with Crippen molar-refractivity contribution in [3.05, 3.63) is 0 Å². The minimum atomic E-state index is 0. The summed E-state index contributed by atoms with van der Waals surface area (Å²) in [7, 11) is 0. The second-order valence-electron chi connectivity index (χ2n) is 0. The maximum absolute atomic E-state index is 0. The average molecular weight is 223 g/mol. The quantitative estimate of drug-likeness (QED) is 0.493. The molecule has 0 aromatic rings. The van der Waals surface area contributed by atoms with Crippen LogP contribution in [-0.4, -0.2) is 0 Å². The summed E-state index contributed by atoms with van der Waals surface area (Å²) in [6, 6.07) is 0. The van der Waals surface area contributed by atoms with E-state index in [0.29, 0.717) is 0 Å². The van der Waals surface area contributed by atoms with Crippen LogP contribution in [0.15, 0.2) is 0 Å². The predicted octanol–water partition coefficient (Wildman–Crippen LogP) is -0.483. The summed E-state index contributed by atoms with van der Waals surface area (Å²) in [6.45, 7) is 0. The van der Waals surface area contributed by atoms with Gasteiger partial charge in [0, 0.05) is 0 Å². The molecule has 0 bridgehead atoms. The summed E-state index contributed by atoms with van der Waals surface area (Å²) in [5.41, 5.74) is 0. The summed E-state index contributed by atoms with van der Waals surface area (Å²) in [5.74, 6) is 0. The molecule has 7 heteroatoms. The zero-order valence-corrected chi connectivity index (χ0v) is 6.71. The van der Waals surface area contributed by atoms with Crippen molar-refractivity contribution in [2.24, 2.45) is 0 Å². The van der Waals surface area contributed by atoms with Crippen LogP contribution >= 0.6 is 0 Å². The third kappa shape index (κ3) is 93.6. The Morgan fingerprint density at radius 3 is 0.571 bits per heavy atom. The molecule has 0 heterocycles. The largest absolute Gasteiger partial charge is 4.00 e. The van der Waals surface area contributed by atoms with Gasteiger partial charge in [-0.15, -0.1) is 0 Å². The molecule has 43 valence electrons. The monoisotopic (exact) mass is 223 g/mol. The topological polar surface area (TPSA) is 114 Å². The molecule has 0 N–H and O–H groups in total. The van der Waals surface area contributed by atoms with Gasteiger partial charge in [0.1, 0.15) is 0 Å². The van der Waals surface area contributed by atoms with Gasteiger partial charge in [-0.3, -0.25) is 0 Å². The van der Waals surface area contributed by atoms with Gasteiger partial charge in [0.15, 0.2) is 0 Å². The molecule has 0 aliphatic heterocycles. The first-order valence-electron chi connectivity index (χ1n) is 0. The summed E-state index contributed by atoms with van der Waals surface area (Å²) in [5, 5.41) is 0. The van der Waals surface area contributed by atoms with Crippen molar-refractivity contribution in [1.29, 1.82) is 0 Å². The molecule has 0 amide bonds. The molecule has 4 nitrogen and oxygen atoms in total. The molecule has 0 rings (SSSR count). The van der Waals surface area contributed by atoms with E-state index in [1.54, 1.807) is 0 Å². The molecule has 0 saturated heterocycles. The summed E-state index contributed by atoms with van der Waals surface area (Å²) < 4.78 is 0. The van der Waals surface area contributed by atoms with Crippen LogP contribution in [0, 0.1) is 0 Å². The Hall–Kier alpha value is 1.59. The van der Waals surface area contributed by atoms with Crippen molar-refractivity contribution in [3.63, 3.8) is 0 Å². The van der Waals surface area contributed by atoms with Crippen molar-refractivity contribution in [3.8, 4) is 0 Å². The van der Waals surface area contributed by atoms with Crippen molar-refractivity contribution in [2.75, 3.05) is 0 Å². The van der Waals surface area contributed by atoms with Gasteiger partial charge < -0.3 is 21.9 Å². The molecule has 0 aliphatic rings. The van der Waals surface area contributed by atoms with Crippen LogP contribution in [0.1, 0.15) is 0 Å². The third-order valence-corrected chi connectivity index (χ3v) is 0. The number of hydrogen-bond donors (Lipinski definition) is 0. The van der Waals surface area contributed by atoms with Gasteiger partial charge in [-0.05, 0) is 0 Å². The minimum Gasteiger partial charge on any atom is -2.00 e. The van der Waals surface area contributed by atoms with Crippen molar-refractivity contribution in [1.82, 2.24) is 0 Å². The standard InChI is InChI=1S/Fe.Mn.4O.Ti/q2*+2;4*-2;+4. The van der Waals surface area contributed by atoms with Crippen molar-refractivity contribution >= 4 is 0 Å². The van der Waals surface area contributed by atoms with Crippen molar-refractivity contribution < 1.29 is 77.8 Å². The Morgan fingerprint density at radius 1 is 0.571 bits per heavy atom. The predicted molar refractivity (Wildman–Crippen MR) is 2.75 cm³/mol. The minimum absolute atomic E-state index is 0. The zero-order valence-electron chi connectivity index (χ0n) is 2.86. The molecule has 0 spiro atoms. The smallest absolute Gasteiger partial charge is 2.00 e. The molecule has 0 aromatic carbocycles. The summed E-state index contributed by atoms with van der Waals surface area (Å²) in [6.07, 6.45) is 0. The van der Waals surface area contributed by atoms with Crippen LogP contribution in [0.25, 0.3) is 0 Å². The van der Waals surface area contributed by atoms with Gasteiger partial charge >= 0.3 is 55.9 Å². The molecular formula is FeMnO4Ti. The first-order valence-corrected chi connectivity index (χ1v) is 0. The van der Waals surface area contributed by atoms with Gasteiger partial charge in [-0.1, -0.05) is 0 Å². The van der Waals surface area contributed by atoms with E-state index < -0.39 is 0 Å². The Morgan fingerprint density at radius 2 is 0.571 bits per heavy atom. The van der Waals surface area contributed by atoms with E-state index in [-0.39, 0.29) is 77.8 Å². The van der Waals surface area contributed by atoms with E-state index in [9.17, 15) is 0 Å². The van der Waals surface area contributed by atoms with Crippen LogP contribution < -0.4 is 0 Å². The molecular weight excluding hydrogens is 223 g/mol. The summed E-state index contributed by atoms with van der Waals surface area (Å²) in [4.78, 5) is 0. The van der Waals surface area contributed by atoms with Gasteiger partial charge in [0.2, 0.25) is 0 Å². The van der Waals surface area contributed by atoms with Crippen LogP contribution in [-0.2, 0) is 77.8 Å². The van der Waals surface area contributed by atoms with E-state index in [1.807, 2.05) is 0 Å². The fourth-order valence-electron chi connectivity index (χ4n) is 0. The molecule has 0 aliphatic carbocycles. The normalized spacial score (nSPS) is 0. The van der Waals surface area contributed by atoms with Crippen LogP contribution in [0.4, 0.5) is 0 Å². The van der Waals surface area contributed by atoms with Crippen LogP contribution in [0.5, 0.6) is 0 Å². The molecule has 7 heavy (non-hydrogen) atoms. The molecule has 0 saturated carbocycles. The van der Waals surface area contributed by atoms with E-state index in [0.717, 1.165) is 0 Å². The van der Waals surface area contributed by atoms with Crippen molar-refractivity contribution in [2.45, 2.75) is 0 Å².